The molecule has 2 aliphatic rings. The van der Waals surface area contributed by atoms with Gasteiger partial charge in [-0.25, -0.2) is 0 Å². The van der Waals surface area contributed by atoms with Gasteiger partial charge < -0.3 is 15.7 Å². The maximum Gasteiger partial charge on any atom is 0.310 e. The van der Waals surface area contributed by atoms with E-state index in [0.717, 1.165) is 38.5 Å². The van der Waals surface area contributed by atoms with Gasteiger partial charge in [-0.1, -0.05) is 25.7 Å². The van der Waals surface area contributed by atoms with Crippen molar-refractivity contribution in [2.45, 2.75) is 63.8 Å². The van der Waals surface area contributed by atoms with Crippen LogP contribution >= 0.6 is 0 Å². The summed E-state index contributed by atoms with van der Waals surface area (Å²) in [5.41, 5.74) is 0.179. The quantitative estimate of drug-likeness (QED) is 0.680. The number of carboxylic acids is 1. The summed E-state index contributed by atoms with van der Waals surface area (Å²) in [4.78, 5) is 36.2. The Hall–Kier alpha value is -2.37. The van der Waals surface area contributed by atoms with Gasteiger partial charge in [0, 0.05) is 23.7 Å². The predicted molar refractivity (Wildman–Crippen MR) is 97.9 cm³/mol. The van der Waals surface area contributed by atoms with Gasteiger partial charge in [0.15, 0.2) is 0 Å². The molecule has 0 aliphatic heterocycles. The van der Waals surface area contributed by atoms with Crippen LogP contribution in [-0.4, -0.2) is 28.9 Å². The zero-order chi connectivity index (χ0) is 18.6. The molecule has 1 aromatic carbocycles. The minimum absolute atomic E-state index is 0.00769. The van der Waals surface area contributed by atoms with Crippen LogP contribution in [0.5, 0.6) is 0 Å². The molecule has 0 atom stereocenters. The van der Waals surface area contributed by atoms with E-state index in [1.807, 2.05) is 0 Å². The SMILES string of the molecule is O=C(CC1(C(=O)O)CCCCCC1)Nc1ccc(C(=O)NC2CC2)cc1. The number of carboxylic acid groups (broad SMARTS) is 1. The van der Waals surface area contributed by atoms with Crippen LogP contribution in [0, 0.1) is 5.41 Å². The number of hydrogen-bond acceptors (Lipinski definition) is 3. The standard InChI is InChI=1S/C20H26N2O4/c23-17(13-20(19(25)26)11-3-1-2-4-12-20)21-15-7-5-14(6-8-15)18(24)22-16-9-10-16/h5-8,16H,1-4,9-13H2,(H,21,23)(H,22,24)(H,25,26). The molecule has 2 fully saturated rings. The lowest BCUT2D eigenvalue weighted by molar-refractivity contribution is -0.152. The fourth-order valence-corrected chi connectivity index (χ4v) is 3.59. The van der Waals surface area contributed by atoms with E-state index < -0.39 is 11.4 Å². The fraction of sp³-hybridized carbons (Fsp3) is 0.550. The Morgan fingerprint density at radius 3 is 2.15 bits per heavy atom. The molecule has 2 aliphatic carbocycles. The monoisotopic (exact) mass is 358 g/mol. The highest BCUT2D eigenvalue weighted by Crippen LogP contribution is 2.38. The zero-order valence-electron chi connectivity index (χ0n) is 14.9. The van der Waals surface area contributed by atoms with Crippen molar-refractivity contribution < 1.29 is 19.5 Å². The lowest BCUT2D eigenvalue weighted by atomic mass is 9.77. The molecule has 3 N–H and O–H groups in total. The summed E-state index contributed by atoms with van der Waals surface area (Å²) in [6.07, 6.45) is 6.92. The lowest BCUT2D eigenvalue weighted by Gasteiger charge is -2.27. The third-order valence-corrected chi connectivity index (χ3v) is 5.36. The van der Waals surface area contributed by atoms with Crippen molar-refractivity contribution in [2.75, 3.05) is 5.32 Å². The fourth-order valence-electron chi connectivity index (χ4n) is 3.59. The summed E-state index contributed by atoms with van der Waals surface area (Å²) in [6, 6.07) is 7.01. The van der Waals surface area contributed by atoms with E-state index >= 15 is 0 Å². The molecule has 140 valence electrons. The van der Waals surface area contributed by atoms with Crippen LogP contribution in [0.3, 0.4) is 0 Å². The van der Waals surface area contributed by atoms with Crippen LogP contribution in [0.15, 0.2) is 24.3 Å². The van der Waals surface area contributed by atoms with Gasteiger partial charge in [-0.3, -0.25) is 14.4 Å². The van der Waals surface area contributed by atoms with Gasteiger partial charge in [-0.15, -0.1) is 0 Å². The van der Waals surface area contributed by atoms with Gasteiger partial charge in [-0.2, -0.15) is 0 Å². The number of carbonyl (C=O) groups excluding carboxylic acids is 2. The summed E-state index contributed by atoms with van der Waals surface area (Å²) in [5.74, 6) is -1.26. The minimum atomic E-state index is -0.954. The Bertz CT molecular complexity index is 672. The summed E-state index contributed by atoms with van der Waals surface area (Å²) < 4.78 is 0. The number of benzene rings is 1. The van der Waals surface area contributed by atoms with Crippen LogP contribution in [0.4, 0.5) is 5.69 Å². The largest absolute Gasteiger partial charge is 0.481 e. The second-order valence-electron chi connectivity index (χ2n) is 7.55. The van der Waals surface area contributed by atoms with E-state index in [-0.39, 0.29) is 18.2 Å². The average Bonchev–Trinajstić information content (AvgIpc) is 3.43. The van der Waals surface area contributed by atoms with Crippen molar-refractivity contribution in [3.8, 4) is 0 Å². The number of aliphatic carboxylic acids is 1. The lowest BCUT2D eigenvalue weighted by Crippen LogP contribution is -2.35. The molecular formula is C20H26N2O4. The first kappa shape index (κ1) is 18.4. The third-order valence-electron chi connectivity index (χ3n) is 5.36. The van der Waals surface area contributed by atoms with Crippen LogP contribution in [0.25, 0.3) is 0 Å². The van der Waals surface area contributed by atoms with Crippen molar-refractivity contribution in [2.24, 2.45) is 5.41 Å². The maximum atomic E-state index is 12.4. The smallest absolute Gasteiger partial charge is 0.310 e. The van der Waals surface area contributed by atoms with Gasteiger partial charge in [0.1, 0.15) is 0 Å². The highest BCUT2D eigenvalue weighted by molar-refractivity contribution is 5.97. The molecule has 6 heteroatoms. The zero-order valence-corrected chi connectivity index (χ0v) is 14.9. The van der Waals surface area contributed by atoms with E-state index in [1.54, 1.807) is 24.3 Å². The predicted octanol–water partition coefficient (Wildman–Crippen LogP) is 3.33. The van der Waals surface area contributed by atoms with E-state index in [2.05, 4.69) is 10.6 Å². The number of amides is 2. The van der Waals surface area contributed by atoms with Crippen molar-refractivity contribution in [3.63, 3.8) is 0 Å². The minimum Gasteiger partial charge on any atom is -0.481 e. The number of hydrogen-bond donors (Lipinski definition) is 3. The van der Waals surface area contributed by atoms with Crippen LogP contribution in [-0.2, 0) is 9.59 Å². The molecular weight excluding hydrogens is 332 g/mol. The summed E-state index contributed by atoms with van der Waals surface area (Å²) >= 11 is 0. The molecule has 0 radical (unpaired) electrons. The van der Waals surface area contributed by atoms with Gasteiger partial charge in [0.25, 0.3) is 5.91 Å². The van der Waals surface area contributed by atoms with Crippen molar-refractivity contribution in [1.29, 1.82) is 0 Å². The molecule has 26 heavy (non-hydrogen) atoms. The molecule has 0 saturated heterocycles. The number of rotatable bonds is 6. The highest BCUT2D eigenvalue weighted by Gasteiger charge is 2.40. The van der Waals surface area contributed by atoms with E-state index in [0.29, 0.717) is 30.1 Å². The first-order valence-corrected chi connectivity index (χ1v) is 9.43. The molecule has 2 amide bonds. The van der Waals surface area contributed by atoms with Crippen LogP contribution in [0.2, 0.25) is 0 Å². The first-order chi connectivity index (χ1) is 12.5. The topological polar surface area (TPSA) is 95.5 Å². The van der Waals surface area contributed by atoms with E-state index in [1.165, 1.54) is 0 Å². The molecule has 6 nitrogen and oxygen atoms in total. The average molecular weight is 358 g/mol. The normalized spacial score (nSPS) is 19.2. The van der Waals surface area contributed by atoms with Gasteiger partial charge in [-0.05, 0) is 49.9 Å². The molecule has 0 aromatic heterocycles. The molecule has 2 saturated carbocycles. The Morgan fingerprint density at radius 1 is 1.00 bits per heavy atom. The van der Waals surface area contributed by atoms with E-state index in [9.17, 15) is 19.5 Å². The van der Waals surface area contributed by atoms with Crippen molar-refractivity contribution in [3.05, 3.63) is 29.8 Å². The molecule has 0 bridgehead atoms. The van der Waals surface area contributed by atoms with Crippen molar-refractivity contribution >= 4 is 23.5 Å². The Morgan fingerprint density at radius 2 is 1.62 bits per heavy atom. The molecule has 3 rings (SSSR count). The number of anilines is 1. The molecule has 0 heterocycles. The maximum absolute atomic E-state index is 12.4. The number of nitrogens with one attached hydrogen (secondary N) is 2. The number of carbonyl (C=O) groups is 3. The second-order valence-corrected chi connectivity index (χ2v) is 7.55. The molecule has 0 unspecified atom stereocenters. The second kappa shape index (κ2) is 7.89. The summed E-state index contributed by atoms with van der Waals surface area (Å²) in [6.45, 7) is 0. The summed E-state index contributed by atoms with van der Waals surface area (Å²) in [5, 5.41) is 15.4. The van der Waals surface area contributed by atoms with Crippen LogP contribution < -0.4 is 10.6 Å². The van der Waals surface area contributed by atoms with Crippen LogP contribution in [0.1, 0.15) is 68.1 Å². The Balaban J connectivity index is 1.59. The molecule has 1 aromatic rings. The van der Waals surface area contributed by atoms with Crippen molar-refractivity contribution in [1.82, 2.24) is 5.32 Å². The molecule has 0 spiro atoms. The van der Waals surface area contributed by atoms with E-state index in [4.69, 9.17) is 0 Å². The summed E-state index contributed by atoms with van der Waals surface area (Å²) in [7, 11) is 0. The highest BCUT2D eigenvalue weighted by atomic mass is 16.4. The third kappa shape index (κ3) is 4.62. The van der Waals surface area contributed by atoms with Gasteiger partial charge in [0.2, 0.25) is 5.91 Å². The van der Waals surface area contributed by atoms with Gasteiger partial charge in [0.05, 0.1) is 5.41 Å². The Kier molecular flexibility index (Phi) is 5.59. The van der Waals surface area contributed by atoms with Gasteiger partial charge >= 0.3 is 5.97 Å². The Labute approximate surface area is 153 Å². The first-order valence-electron chi connectivity index (χ1n) is 9.43.